The maximum absolute atomic E-state index is 9.05. The molecule has 0 atom stereocenters. The lowest BCUT2D eigenvalue weighted by Gasteiger charge is -1.97. The summed E-state index contributed by atoms with van der Waals surface area (Å²) in [5.74, 6) is 0.652. The molecule has 5 nitrogen and oxygen atoms in total. The molecule has 0 radical (unpaired) electrons. The van der Waals surface area contributed by atoms with E-state index < -0.39 is 0 Å². The molecule has 74 valence electrons. The summed E-state index contributed by atoms with van der Waals surface area (Å²) in [6, 6.07) is 6.26. The quantitative estimate of drug-likeness (QED) is 0.788. The monoisotopic (exact) mass is 199 g/mol. The van der Waals surface area contributed by atoms with Crippen LogP contribution in [0, 0.1) is 11.3 Å². The number of hydrogen-bond donors (Lipinski definition) is 1. The van der Waals surface area contributed by atoms with Crippen LogP contribution >= 0.6 is 0 Å². The highest BCUT2D eigenvalue weighted by Gasteiger charge is 2.24. The van der Waals surface area contributed by atoms with E-state index in [-0.39, 0.29) is 0 Å². The first kappa shape index (κ1) is 8.24. The van der Waals surface area contributed by atoms with Gasteiger partial charge in [-0.05, 0) is 25.0 Å². The number of nitriles is 1. The Hall–Kier alpha value is -2.09. The molecule has 0 bridgehead atoms. The van der Waals surface area contributed by atoms with Crippen LogP contribution in [0.15, 0.2) is 18.3 Å². The van der Waals surface area contributed by atoms with E-state index in [0.717, 1.165) is 12.8 Å². The van der Waals surface area contributed by atoms with E-state index in [2.05, 4.69) is 21.5 Å². The highest BCUT2D eigenvalue weighted by Crippen LogP contribution is 2.26. The average molecular weight is 199 g/mol. The van der Waals surface area contributed by atoms with Crippen LogP contribution in [0.25, 0.3) is 5.65 Å². The maximum atomic E-state index is 9.05. The highest BCUT2D eigenvalue weighted by atomic mass is 15.3. The molecule has 0 saturated heterocycles. The van der Waals surface area contributed by atoms with E-state index >= 15 is 0 Å². The van der Waals surface area contributed by atoms with Gasteiger partial charge in [0, 0.05) is 12.2 Å². The zero-order chi connectivity index (χ0) is 10.3. The predicted octanol–water partition coefficient (Wildman–Crippen LogP) is 1.18. The fraction of sp³-hybridized carbons (Fsp3) is 0.300. The molecule has 1 aliphatic carbocycles. The summed E-state index contributed by atoms with van der Waals surface area (Å²) in [5, 5.41) is 16.4. The fourth-order valence-electron chi connectivity index (χ4n) is 1.51. The smallest absolute Gasteiger partial charge is 0.186 e. The van der Waals surface area contributed by atoms with E-state index in [1.807, 2.05) is 12.1 Å². The van der Waals surface area contributed by atoms with Crippen molar-refractivity contribution in [1.29, 1.82) is 5.26 Å². The molecule has 1 N–H and O–H groups in total. The van der Waals surface area contributed by atoms with Crippen LogP contribution in [0.1, 0.15) is 18.5 Å². The van der Waals surface area contributed by atoms with E-state index in [0.29, 0.717) is 23.2 Å². The largest absolute Gasteiger partial charge is 0.365 e. The average Bonchev–Trinajstić information content (AvgIpc) is 2.99. The second kappa shape index (κ2) is 2.95. The molecular weight excluding hydrogens is 190 g/mol. The summed E-state index contributed by atoms with van der Waals surface area (Å²) in [6.07, 6.45) is 3.97. The van der Waals surface area contributed by atoms with Gasteiger partial charge in [-0.2, -0.15) is 10.4 Å². The minimum absolute atomic E-state index is 0.484. The van der Waals surface area contributed by atoms with Gasteiger partial charge >= 0.3 is 0 Å². The van der Waals surface area contributed by atoms with Gasteiger partial charge in [0.15, 0.2) is 17.2 Å². The molecule has 3 rings (SSSR count). The van der Waals surface area contributed by atoms with Gasteiger partial charge in [-0.15, -0.1) is 0 Å². The predicted molar refractivity (Wildman–Crippen MR) is 54.3 cm³/mol. The Kier molecular flexibility index (Phi) is 1.62. The lowest BCUT2D eigenvalue weighted by atomic mass is 10.4. The third-order valence-electron chi connectivity index (χ3n) is 2.42. The molecule has 1 saturated carbocycles. The second-order valence-corrected chi connectivity index (χ2v) is 3.63. The Balaban J connectivity index is 2.15. The number of rotatable bonds is 2. The zero-order valence-corrected chi connectivity index (χ0v) is 8.01. The minimum atomic E-state index is 0.484. The first-order chi connectivity index (χ1) is 7.38. The van der Waals surface area contributed by atoms with Gasteiger partial charge in [-0.25, -0.2) is 9.50 Å². The fourth-order valence-corrected chi connectivity index (χ4v) is 1.51. The topological polar surface area (TPSA) is 66.0 Å². The number of hydrogen-bond acceptors (Lipinski definition) is 4. The molecule has 2 aromatic rings. The van der Waals surface area contributed by atoms with Crippen LogP contribution < -0.4 is 5.32 Å². The van der Waals surface area contributed by atoms with Crippen LogP contribution in [0.4, 0.5) is 5.82 Å². The molecule has 2 heterocycles. The maximum Gasteiger partial charge on any atom is 0.186 e. The van der Waals surface area contributed by atoms with Crippen LogP contribution in [0.3, 0.4) is 0 Å². The van der Waals surface area contributed by atoms with Crippen molar-refractivity contribution in [2.75, 3.05) is 5.32 Å². The van der Waals surface area contributed by atoms with Crippen molar-refractivity contribution in [3.8, 4) is 6.07 Å². The van der Waals surface area contributed by atoms with Crippen molar-refractivity contribution in [1.82, 2.24) is 14.6 Å². The molecule has 15 heavy (non-hydrogen) atoms. The van der Waals surface area contributed by atoms with Gasteiger partial charge in [0.05, 0.1) is 0 Å². The van der Waals surface area contributed by atoms with Crippen LogP contribution in [0.2, 0.25) is 0 Å². The molecule has 5 heteroatoms. The molecular formula is C10H9N5. The number of anilines is 1. The number of fused-ring (bicyclic) bond motifs is 1. The van der Waals surface area contributed by atoms with Crippen LogP contribution in [-0.4, -0.2) is 20.6 Å². The minimum Gasteiger partial charge on any atom is -0.365 e. The molecule has 2 aromatic heterocycles. The van der Waals surface area contributed by atoms with Crippen LogP contribution in [-0.2, 0) is 0 Å². The van der Waals surface area contributed by atoms with Crippen molar-refractivity contribution in [2.45, 2.75) is 18.9 Å². The Bertz CT molecular complexity index is 546. The van der Waals surface area contributed by atoms with Crippen molar-refractivity contribution >= 4 is 11.5 Å². The standard InChI is InChI=1S/C10H9N5/c11-6-8-10(13-7-3-4-7)14-9-2-1-5-12-15(8)9/h1-2,5,7,13H,3-4H2. The molecule has 1 aliphatic rings. The van der Waals surface area contributed by atoms with E-state index in [1.54, 1.807) is 10.7 Å². The second-order valence-electron chi connectivity index (χ2n) is 3.63. The molecule has 0 spiro atoms. The summed E-state index contributed by atoms with van der Waals surface area (Å²) >= 11 is 0. The lowest BCUT2D eigenvalue weighted by molar-refractivity contribution is 0.920. The molecule has 0 unspecified atom stereocenters. The van der Waals surface area contributed by atoms with Gasteiger partial charge in [0.2, 0.25) is 0 Å². The Morgan fingerprint density at radius 1 is 1.53 bits per heavy atom. The summed E-state index contributed by atoms with van der Waals surface area (Å²) in [4.78, 5) is 4.33. The summed E-state index contributed by atoms with van der Waals surface area (Å²) in [6.45, 7) is 0. The molecule has 0 aromatic carbocycles. The Morgan fingerprint density at radius 2 is 2.40 bits per heavy atom. The van der Waals surface area contributed by atoms with Crippen molar-refractivity contribution in [2.24, 2.45) is 0 Å². The van der Waals surface area contributed by atoms with Crippen molar-refractivity contribution in [3.05, 3.63) is 24.0 Å². The number of imidazole rings is 1. The Morgan fingerprint density at radius 3 is 3.13 bits per heavy atom. The number of nitrogens with zero attached hydrogens (tertiary/aromatic N) is 4. The highest BCUT2D eigenvalue weighted by molar-refractivity contribution is 5.58. The summed E-state index contributed by atoms with van der Waals surface area (Å²) < 4.78 is 1.56. The lowest BCUT2D eigenvalue weighted by Crippen LogP contribution is -2.03. The first-order valence-electron chi connectivity index (χ1n) is 4.89. The SMILES string of the molecule is N#Cc1c(NC2CC2)nc2cccnn12. The normalized spacial score (nSPS) is 15.1. The summed E-state index contributed by atoms with van der Waals surface area (Å²) in [5.41, 5.74) is 1.19. The number of nitrogens with one attached hydrogen (secondary N) is 1. The third kappa shape index (κ3) is 1.31. The van der Waals surface area contributed by atoms with Crippen LogP contribution in [0.5, 0.6) is 0 Å². The summed E-state index contributed by atoms with van der Waals surface area (Å²) in [7, 11) is 0. The molecule has 0 amide bonds. The number of aromatic nitrogens is 3. The first-order valence-corrected chi connectivity index (χ1v) is 4.89. The molecule has 0 aliphatic heterocycles. The van der Waals surface area contributed by atoms with E-state index in [4.69, 9.17) is 5.26 Å². The van der Waals surface area contributed by atoms with Gasteiger partial charge in [0.25, 0.3) is 0 Å². The zero-order valence-electron chi connectivity index (χ0n) is 8.01. The van der Waals surface area contributed by atoms with Gasteiger partial charge < -0.3 is 5.32 Å². The van der Waals surface area contributed by atoms with Crippen molar-refractivity contribution in [3.63, 3.8) is 0 Å². The Labute approximate surface area is 86.4 Å². The van der Waals surface area contributed by atoms with Gasteiger partial charge in [-0.3, -0.25) is 0 Å². The van der Waals surface area contributed by atoms with E-state index in [1.165, 1.54) is 0 Å². The van der Waals surface area contributed by atoms with Gasteiger partial charge in [-0.1, -0.05) is 0 Å². The van der Waals surface area contributed by atoms with Gasteiger partial charge in [0.1, 0.15) is 6.07 Å². The third-order valence-corrected chi connectivity index (χ3v) is 2.42. The molecule has 1 fully saturated rings. The van der Waals surface area contributed by atoms with Crippen molar-refractivity contribution < 1.29 is 0 Å². The van der Waals surface area contributed by atoms with E-state index in [9.17, 15) is 0 Å².